The van der Waals surface area contributed by atoms with Gasteiger partial charge in [0.25, 0.3) is 0 Å². The molecular weight excluding hydrogens is 362 g/mol. The molecule has 1 aliphatic carbocycles. The molecule has 1 saturated carbocycles. The number of thiophene rings is 1. The van der Waals surface area contributed by atoms with Crippen LogP contribution in [-0.2, 0) is 22.7 Å². The Bertz CT molecular complexity index is 766. The lowest BCUT2D eigenvalue weighted by molar-refractivity contribution is -0.146. The average Bonchev–Trinajstić information content (AvgIpc) is 3.20. The summed E-state index contributed by atoms with van der Waals surface area (Å²) in [5, 5.41) is 11.2. The van der Waals surface area contributed by atoms with Gasteiger partial charge in [0, 0.05) is 22.9 Å². The molecule has 1 aromatic carbocycles. The fourth-order valence-corrected chi connectivity index (χ4v) is 4.41. The highest BCUT2D eigenvalue weighted by Gasteiger charge is 2.32. The van der Waals surface area contributed by atoms with Gasteiger partial charge in [-0.1, -0.05) is 24.3 Å². The van der Waals surface area contributed by atoms with E-state index in [0.29, 0.717) is 38.8 Å². The van der Waals surface area contributed by atoms with Gasteiger partial charge in [-0.3, -0.25) is 9.59 Å². The van der Waals surface area contributed by atoms with Gasteiger partial charge in [-0.05, 0) is 43.2 Å². The van der Waals surface area contributed by atoms with Crippen LogP contribution in [0.2, 0.25) is 0 Å². The summed E-state index contributed by atoms with van der Waals surface area (Å²) < 4.78 is 5.45. The molecule has 144 valence electrons. The van der Waals surface area contributed by atoms with Crippen molar-refractivity contribution in [1.29, 1.82) is 0 Å². The third-order valence-corrected chi connectivity index (χ3v) is 6.08. The first kappa shape index (κ1) is 19.4. The molecular formula is C21H25NO4S. The number of nitrogens with zero attached hydrogens (tertiary/aromatic N) is 1. The number of carboxylic acid groups (broad SMARTS) is 1. The zero-order valence-electron chi connectivity index (χ0n) is 15.5. The molecule has 27 heavy (non-hydrogen) atoms. The lowest BCUT2D eigenvalue weighted by atomic mass is 9.81. The second kappa shape index (κ2) is 9.04. The van der Waals surface area contributed by atoms with E-state index in [1.54, 1.807) is 18.4 Å². The molecule has 1 aliphatic rings. The maximum absolute atomic E-state index is 13.2. The smallest absolute Gasteiger partial charge is 0.306 e. The van der Waals surface area contributed by atoms with Crippen molar-refractivity contribution in [2.45, 2.75) is 38.8 Å². The van der Waals surface area contributed by atoms with Crippen molar-refractivity contribution in [3.63, 3.8) is 0 Å². The number of benzene rings is 1. The third-order valence-electron chi connectivity index (χ3n) is 5.22. The summed E-state index contributed by atoms with van der Waals surface area (Å²) in [7, 11) is 1.64. The molecule has 0 aliphatic heterocycles. The van der Waals surface area contributed by atoms with Crippen molar-refractivity contribution < 1.29 is 19.4 Å². The molecule has 1 N–H and O–H groups in total. The Hall–Kier alpha value is -2.34. The Morgan fingerprint density at radius 3 is 2.41 bits per heavy atom. The largest absolute Gasteiger partial charge is 0.496 e. The molecule has 1 fully saturated rings. The number of hydrogen-bond donors (Lipinski definition) is 1. The first-order valence-corrected chi connectivity index (χ1v) is 10.1. The van der Waals surface area contributed by atoms with Crippen LogP contribution >= 0.6 is 11.3 Å². The topological polar surface area (TPSA) is 66.8 Å². The van der Waals surface area contributed by atoms with E-state index in [9.17, 15) is 14.7 Å². The van der Waals surface area contributed by atoms with Gasteiger partial charge >= 0.3 is 5.97 Å². The quantitative estimate of drug-likeness (QED) is 0.774. The first-order chi connectivity index (χ1) is 13.1. The van der Waals surface area contributed by atoms with E-state index in [0.717, 1.165) is 16.2 Å². The number of rotatable bonds is 7. The van der Waals surface area contributed by atoms with E-state index in [1.165, 1.54) is 0 Å². The molecule has 1 heterocycles. The lowest BCUT2D eigenvalue weighted by Gasteiger charge is -2.31. The number of carbonyl (C=O) groups excluding carboxylic acids is 1. The lowest BCUT2D eigenvalue weighted by Crippen LogP contribution is -2.37. The van der Waals surface area contributed by atoms with Crippen LogP contribution in [0.3, 0.4) is 0 Å². The van der Waals surface area contributed by atoms with Crippen molar-refractivity contribution in [3.05, 3.63) is 52.2 Å². The summed E-state index contributed by atoms with van der Waals surface area (Å²) in [5.41, 5.74) is 0.976. The Morgan fingerprint density at radius 2 is 1.78 bits per heavy atom. The van der Waals surface area contributed by atoms with Crippen LogP contribution in [0, 0.1) is 11.8 Å². The van der Waals surface area contributed by atoms with Crippen molar-refractivity contribution in [2.75, 3.05) is 7.11 Å². The van der Waals surface area contributed by atoms with E-state index in [1.807, 2.05) is 46.7 Å². The zero-order chi connectivity index (χ0) is 19.2. The second-order valence-corrected chi connectivity index (χ2v) is 8.00. The minimum atomic E-state index is -0.745. The van der Waals surface area contributed by atoms with Gasteiger partial charge in [-0.25, -0.2) is 0 Å². The standard InChI is InChI=1S/C21H25NO4S/c1-26-19-7-3-2-5-17(19)13-22(14-18-6-4-12-27-18)20(23)15-8-10-16(11-9-15)21(24)25/h2-7,12,15-16H,8-11,13-14H2,1H3,(H,24,25). The molecule has 0 bridgehead atoms. The van der Waals surface area contributed by atoms with E-state index < -0.39 is 5.97 Å². The summed E-state index contributed by atoms with van der Waals surface area (Å²) in [5.74, 6) is -0.274. The summed E-state index contributed by atoms with van der Waals surface area (Å²) in [6.45, 7) is 1.05. The SMILES string of the molecule is COc1ccccc1CN(Cc1cccs1)C(=O)C1CCC(C(=O)O)CC1. The number of aliphatic carboxylic acids is 1. The highest BCUT2D eigenvalue weighted by molar-refractivity contribution is 7.09. The number of carbonyl (C=O) groups is 2. The Morgan fingerprint density at radius 1 is 1.07 bits per heavy atom. The molecule has 1 aromatic heterocycles. The minimum absolute atomic E-state index is 0.102. The van der Waals surface area contributed by atoms with E-state index >= 15 is 0 Å². The fourth-order valence-electron chi connectivity index (χ4n) is 3.69. The van der Waals surface area contributed by atoms with Crippen LogP contribution < -0.4 is 4.74 Å². The minimum Gasteiger partial charge on any atom is -0.496 e. The molecule has 0 atom stereocenters. The summed E-state index contributed by atoms with van der Waals surface area (Å²) in [4.78, 5) is 27.4. The van der Waals surface area contributed by atoms with Gasteiger partial charge in [0.2, 0.25) is 5.91 Å². The highest BCUT2D eigenvalue weighted by Crippen LogP contribution is 2.32. The van der Waals surface area contributed by atoms with Crippen molar-refractivity contribution >= 4 is 23.2 Å². The van der Waals surface area contributed by atoms with Gasteiger partial charge in [0.05, 0.1) is 19.6 Å². The molecule has 3 rings (SSSR count). The van der Waals surface area contributed by atoms with Gasteiger partial charge in [-0.2, -0.15) is 0 Å². The Balaban J connectivity index is 1.75. The summed E-state index contributed by atoms with van der Waals surface area (Å²) in [6.07, 6.45) is 2.44. The van der Waals surface area contributed by atoms with Crippen LogP contribution in [0.25, 0.3) is 0 Å². The maximum Gasteiger partial charge on any atom is 0.306 e. The fraction of sp³-hybridized carbons (Fsp3) is 0.429. The predicted molar refractivity (Wildman–Crippen MR) is 105 cm³/mol. The highest BCUT2D eigenvalue weighted by atomic mass is 32.1. The van der Waals surface area contributed by atoms with Crippen molar-refractivity contribution in [3.8, 4) is 5.75 Å². The first-order valence-electron chi connectivity index (χ1n) is 9.24. The molecule has 0 spiro atoms. The Kier molecular flexibility index (Phi) is 6.50. The van der Waals surface area contributed by atoms with Crippen LogP contribution in [-0.4, -0.2) is 29.0 Å². The Labute approximate surface area is 163 Å². The molecule has 0 radical (unpaired) electrons. The number of carboxylic acids is 1. The summed E-state index contributed by atoms with van der Waals surface area (Å²) >= 11 is 1.64. The number of methoxy groups -OCH3 is 1. The maximum atomic E-state index is 13.2. The summed E-state index contributed by atoms with van der Waals surface area (Å²) in [6, 6.07) is 11.8. The zero-order valence-corrected chi connectivity index (χ0v) is 16.3. The van der Waals surface area contributed by atoms with Crippen LogP contribution in [0.15, 0.2) is 41.8 Å². The van der Waals surface area contributed by atoms with Gasteiger partial charge in [0.1, 0.15) is 5.75 Å². The van der Waals surface area contributed by atoms with Gasteiger partial charge in [-0.15, -0.1) is 11.3 Å². The predicted octanol–water partition coefficient (Wildman–Crippen LogP) is 4.18. The average molecular weight is 388 g/mol. The van der Waals surface area contributed by atoms with E-state index in [-0.39, 0.29) is 17.7 Å². The molecule has 0 saturated heterocycles. The number of amides is 1. The molecule has 0 unspecified atom stereocenters. The van der Waals surface area contributed by atoms with Crippen LogP contribution in [0.4, 0.5) is 0 Å². The van der Waals surface area contributed by atoms with E-state index in [2.05, 4.69) is 0 Å². The van der Waals surface area contributed by atoms with Crippen molar-refractivity contribution in [2.24, 2.45) is 11.8 Å². The number of hydrogen-bond acceptors (Lipinski definition) is 4. The van der Waals surface area contributed by atoms with Crippen LogP contribution in [0.1, 0.15) is 36.1 Å². The molecule has 2 aromatic rings. The second-order valence-electron chi connectivity index (χ2n) is 6.97. The van der Waals surface area contributed by atoms with E-state index in [4.69, 9.17) is 4.74 Å². The monoisotopic (exact) mass is 387 g/mol. The van der Waals surface area contributed by atoms with Crippen molar-refractivity contribution in [1.82, 2.24) is 4.90 Å². The number of ether oxygens (including phenoxy) is 1. The molecule has 5 nitrogen and oxygen atoms in total. The third kappa shape index (κ3) is 4.89. The molecule has 1 amide bonds. The van der Waals surface area contributed by atoms with Gasteiger partial charge < -0.3 is 14.7 Å². The number of para-hydroxylation sites is 1. The van der Waals surface area contributed by atoms with Gasteiger partial charge in [0.15, 0.2) is 0 Å². The van der Waals surface area contributed by atoms with Crippen LogP contribution in [0.5, 0.6) is 5.75 Å². The molecule has 6 heteroatoms. The normalized spacial score (nSPS) is 19.4.